The molecule has 0 bridgehead atoms. The Kier molecular flexibility index (Phi) is 2.32. The third kappa shape index (κ3) is 1.50. The van der Waals surface area contributed by atoms with Gasteiger partial charge in [-0.05, 0) is 18.5 Å². The predicted octanol–water partition coefficient (Wildman–Crippen LogP) is 0.759. The summed E-state index contributed by atoms with van der Waals surface area (Å²) < 4.78 is 4.91. The summed E-state index contributed by atoms with van der Waals surface area (Å²) in [4.78, 5) is 4.02. The zero-order valence-corrected chi connectivity index (χ0v) is 5.87. The summed E-state index contributed by atoms with van der Waals surface area (Å²) in [6, 6.07) is 3.69. The van der Waals surface area contributed by atoms with E-state index in [1.165, 1.54) is 0 Å². The quantitative estimate of drug-likeness (QED) is 0.555. The van der Waals surface area contributed by atoms with Gasteiger partial charge in [0.05, 0.1) is 21.2 Å². The molecule has 50 valence electrons. The topological polar surface area (TPSA) is 22.1 Å². The van der Waals surface area contributed by atoms with Crippen molar-refractivity contribution in [2.45, 2.75) is 6.32 Å². The first-order valence-electron chi connectivity index (χ1n) is 3.06. The van der Waals surface area contributed by atoms with Gasteiger partial charge in [0, 0.05) is 5.69 Å². The van der Waals surface area contributed by atoms with E-state index in [9.17, 15) is 0 Å². The molecule has 0 atom stereocenters. The van der Waals surface area contributed by atoms with Gasteiger partial charge in [0.25, 0.3) is 0 Å². The lowest BCUT2D eigenvalue weighted by Crippen LogP contribution is -1.89. The number of hydrogen-bond acceptors (Lipinski definition) is 2. The van der Waals surface area contributed by atoms with Crippen LogP contribution < -0.4 is 4.74 Å². The highest BCUT2D eigenvalue weighted by Gasteiger charge is 1.90. The minimum Gasteiger partial charge on any atom is -0.495 e. The van der Waals surface area contributed by atoms with Gasteiger partial charge >= 0.3 is 0 Å². The van der Waals surface area contributed by atoms with Crippen molar-refractivity contribution in [3.8, 4) is 5.75 Å². The first kappa shape index (κ1) is 7.13. The van der Waals surface area contributed by atoms with Crippen molar-refractivity contribution in [1.82, 2.24) is 4.98 Å². The summed E-state index contributed by atoms with van der Waals surface area (Å²) in [7, 11) is 6.95. The van der Waals surface area contributed by atoms with Crippen LogP contribution in [0, 0.1) is 0 Å². The molecule has 1 aromatic heterocycles. The molecule has 1 rings (SSSR count). The van der Waals surface area contributed by atoms with Crippen LogP contribution in [0.4, 0.5) is 0 Å². The Labute approximate surface area is 61.6 Å². The molecule has 10 heavy (non-hydrogen) atoms. The third-order valence-electron chi connectivity index (χ3n) is 1.24. The lowest BCUT2D eigenvalue weighted by atomic mass is 10.0. The van der Waals surface area contributed by atoms with Crippen molar-refractivity contribution >= 4 is 7.85 Å². The van der Waals surface area contributed by atoms with Crippen LogP contribution in [-0.4, -0.2) is 19.9 Å². The molecule has 1 aromatic rings. The number of rotatable bonds is 2. The molecule has 0 unspecified atom stereocenters. The van der Waals surface area contributed by atoms with Gasteiger partial charge in [0.15, 0.2) is 0 Å². The van der Waals surface area contributed by atoms with E-state index in [4.69, 9.17) is 12.6 Å². The van der Waals surface area contributed by atoms with Gasteiger partial charge in [-0.2, -0.15) is 0 Å². The van der Waals surface area contributed by atoms with Crippen molar-refractivity contribution in [2.24, 2.45) is 0 Å². The Hall–Kier alpha value is -0.985. The Morgan fingerprint density at radius 3 is 2.80 bits per heavy atom. The summed E-state index contributed by atoms with van der Waals surface area (Å²) in [5.41, 5.74) is 0.876. The molecule has 0 N–H and O–H groups in total. The first-order valence-corrected chi connectivity index (χ1v) is 3.06. The second-order valence-corrected chi connectivity index (χ2v) is 1.89. The fraction of sp³-hybridized carbons (Fsp3) is 0.286. The minimum atomic E-state index is 0.476. The van der Waals surface area contributed by atoms with Gasteiger partial charge < -0.3 is 4.74 Å². The fourth-order valence-corrected chi connectivity index (χ4v) is 0.652. The van der Waals surface area contributed by atoms with Crippen LogP contribution in [-0.2, 0) is 6.32 Å². The summed E-state index contributed by atoms with van der Waals surface area (Å²) in [5, 5.41) is 0. The van der Waals surface area contributed by atoms with E-state index >= 15 is 0 Å². The Morgan fingerprint density at radius 2 is 2.40 bits per heavy atom. The van der Waals surface area contributed by atoms with Gasteiger partial charge in [0.2, 0.25) is 0 Å². The van der Waals surface area contributed by atoms with Crippen molar-refractivity contribution in [2.75, 3.05) is 7.11 Å². The molecule has 1 heterocycles. The van der Waals surface area contributed by atoms with Crippen molar-refractivity contribution in [3.63, 3.8) is 0 Å². The molecule has 0 saturated heterocycles. The van der Waals surface area contributed by atoms with Gasteiger partial charge in [0.1, 0.15) is 5.75 Å². The Bertz CT molecular complexity index is 174. The lowest BCUT2D eigenvalue weighted by Gasteiger charge is -1.98. The van der Waals surface area contributed by atoms with E-state index in [1.54, 1.807) is 13.3 Å². The molecule has 0 spiro atoms. The molecule has 2 radical (unpaired) electrons. The molecular weight excluding hydrogens is 125 g/mol. The van der Waals surface area contributed by atoms with Crippen LogP contribution in [0.5, 0.6) is 5.75 Å². The molecule has 3 heteroatoms. The van der Waals surface area contributed by atoms with Crippen LogP contribution in [0.2, 0.25) is 0 Å². The standard InChI is InChI=1S/C7H8BNO/c1-10-7-3-2-6(4-8)9-5-7/h2-3,5H,4H2,1H3. The monoisotopic (exact) mass is 133 g/mol. The number of nitrogens with zero attached hydrogens (tertiary/aromatic N) is 1. The summed E-state index contributed by atoms with van der Waals surface area (Å²) in [6.45, 7) is 0. The maximum absolute atomic E-state index is 5.34. The lowest BCUT2D eigenvalue weighted by molar-refractivity contribution is 0.412. The molecule has 0 aromatic carbocycles. The van der Waals surface area contributed by atoms with Crippen LogP contribution in [0.3, 0.4) is 0 Å². The van der Waals surface area contributed by atoms with Crippen LogP contribution in [0.25, 0.3) is 0 Å². The van der Waals surface area contributed by atoms with Gasteiger partial charge in [-0.3, -0.25) is 4.98 Å². The molecule has 2 nitrogen and oxygen atoms in total. The third-order valence-corrected chi connectivity index (χ3v) is 1.24. The number of ether oxygens (including phenoxy) is 1. The molecule has 0 aliphatic heterocycles. The maximum Gasteiger partial charge on any atom is 0.137 e. The van der Waals surface area contributed by atoms with Crippen molar-refractivity contribution in [3.05, 3.63) is 24.0 Å². The second-order valence-electron chi connectivity index (χ2n) is 1.89. The van der Waals surface area contributed by atoms with Gasteiger partial charge in [-0.25, -0.2) is 0 Å². The average molecular weight is 133 g/mol. The van der Waals surface area contributed by atoms with Crippen molar-refractivity contribution in [1.29, 1.82) is 0 Å². The van der Waals surface area contributed by atoms with Gasteiger partial charge in [-0.15, -0.1) is 0 Å². The van der Waals surface area contributed by atoms with Crippen molar-refractivity contribution < 1.29 is 4.74 Å². The zero-order valence-electron chi connectivity index (χ0n) is 5.87. The SMILES string of the molecule is [B]Cc1ccc(OC)cn1. The van der Waals surface area contributed by atoms with Crippen LogP contribution in [0.15, 0.2) is 18.3 Å². The van der Waals surface area contributed by atoms with E-state index < -0.39 is 0 Å². The molecular formula is C7H8BNO. The maximum atomic E-state index is 5.34. The number of hydrogen-bond donors (Lipinski definition) is 0. The minimum absolute atomic E-state index is 0.476. The molecule has 0 aliphatic carbocycles. The number of methoxy groups -OCH3 is 1. The highest BCUT2D eigenvalue weighted by molar-refractivity contribution is 6.08. The Balaban J connectivity index is 2.80. The summed E-state index contributed by atoms with van der Waals surface area (Å²) >= 11 is 0. The first-order chi connectivity index (χ1) is 4.86. The highest BCUT2D eigenvalue weighted by atomic mass is 16.5. The average Bonchev–Trinajstić information content (AvgIpc) is 2.05. The largest absolute Gasteiger partial charge is 0.495 e. The van der Waals surface area contributed by atoms with E-state index in [1.807, 2.05) is 12.1 Å². The predicted molar refractivity (Wildman–Crippen MR) is 40.2 cm³/mol. The summed E-state index contributed by atoms with van der Waals surface area (Å²) in [5.74, 6) is 0.761. The smallest absolute Gasteiger partial charge is 0.137 e. The van der Waals surface area contributed by atoms with E-state index in [0.717, 1.165) is 11.4 Å². The highest BCUT2D eigenvalue weighted by Crippen LogP contribution is 2.06. The summed E-state index contributed by atoms with van der Waals surface area (Å²) in [6.07, 6.45) is 2.13. The number of pyridine rings is 1. The normalized spacial score (nSPS) is 9.30. The van der Waals surface area contributed by atoms with E-state index in [-0.39, 0.29) is 0 Å². The van der Waals surface area contributed by atoms with Crippen LogP contribution >= 0.6 is 0 Å². The zero-order chi connectivity index (χ0) is 7.40. The second kappa shape index (κ2) is 3.25. The van der Waals surface area contributed by atoms with Gasteiger partial charge in [-0.1, -0.05) is 0 Å². The molecule has 0 amide bonds. The molecule has 0 fully saturated rings. The number of aromatic nitrogens is 1. The molecule has 0 aliphatic rings. The van der Waals surface area contributed by atoms with Crippen LogP contribution in [0.1, 0.15) is 5.69 Å². The van der Waals surface area contributed by atoms with E-state index in [0.29, 0.717) is 6.32 Å². The molecule has 0 saturated carbocycles. The van der Waals surface area contributed by atoms with E-state index in [2.05, 4.69) is 4.98 Å². The Morgan fingerprint density at radius 1 is 1.60 bits per heavy atom. The fourth-order valence-electron chi connectivity index (χ4n) is 0.652.